The number of aryl methyl sites for hydroxylation is 1. The summed E-state index contributed by atoms with van der Waals surface area (Å²) >= 11 is 0. The van der Waals surface area contributed by atoms with Gasteiger partial charge < -0.3 is 9.47 Å². The van der Waals surface area contributed by atoms with Crippen LogP contribution >= 0.6 is 0 Å². The van der Waals surface area contributed by atoms with Crippen molar-refractivity contribution in [1.82, 2.24) is 24.3 Å². The molecule has 3 rings (SSSR count). The summed E-state index contributed by atoms with van der Waals surface area (Å²) in [5.41, 5.74) is 0.528. The molecule has 0 unspecified atom stereocenters. The Morgan fingerprint density at radius 1 is 1.14 bits per heavy atom. The molecule has 0 aliphatic carbocycles. The van der Waals surface area contributed by atoms with Crippen molar-refractivity contribution in [2.75, 3.05) is 26.2 Å². The topological polar surface area (TPSA) is 54.3 Å². The van der Waals surface area contributed by atoms with Gasteiger partial charge in [0, 0.05) is 51.8 Å². The van der Waals surface area contributed by atoms with Crippen LogP contribution in [0.3, 0.4) is 0 Å². The van der Waals surface area contributed by atoms with Crippen molar-refractivity contribution in [2.45, 2.75) is 13.0 Å². The van der Waals surface area contributed by atoms with Crippen LogP contribution in [0.4, 0.5) is 0 Å². The van der Waals surface area contributed by atoms with Gasteiger partial charge in [0.2, 0.25) is 0 Å². The van der Waals surface area contributed by atoms with E-state index < -0.39 is 0 Å². The van der Waals surface area contributed by atoms with Gasteiger partial charge in [0.25, 0.3) is 5.91 Å². The van der Waals surface area contributed by atoms with Crippen LogP contribution in [0.1, 0.15) is 22.7 Å². The van der Waals surface area contributed by atoms with Crippen molar-refractivity contribution in [2.24, 2.45) is 7.05 Å². The number of hydrogen-bond donors (Lipinski definition) is 0. The highest BCUT2D eigenvalue weighted by Crippen LogP contribution is 2.10. The van der Waals surface area contributed by atoms with Gasteiger partial charge in [-0.2, -0.15) is 0 Å². The predicted octanol–water partition coefficient (Wildman–Crippen LogP) is 1.16. The van der Waals surface area contributed by atoms with Crippen LogP contribution in [0.5, 0.6) is 0 Å². The molecule has 2 aromatic heterocycles. The standard InChI is InChI=1S/C16H21N5O/c1-19-10-7-18-15(19)13-20-8-4-9-21(12-11-20)16(22)14-5-2-3-6-17-14/h2-3,5-7,10H,4,8-9,11-13H2,1H3. The molecule has 3 heterocycles. The molecule has 0 spiro atoms. The van der Waals surface area contributed by atoms with Crippen molar-refractivity contribution in [3.05, 3.63) is 48.3 Å². The average Bonchev–Trinajstić information content (AvgIpc) is 2.81. The fraction of sp³-hybridized carbons (Fsp3) is 0.438. The van der Waals surface area contributed by atoms with Crippen LogP contribution in [0.2, 0.25) is 0 Å². The zero-order chi connectivity index (χ0) is 15.4. The van der Waals surface area contributed by atoms with Crippen molar-refractivity contribution >= 4 is 5.91 Å². The summed E-state index contributed by atoms with van der Waals surface area (Å²) in [5, 5.41) is 0. The van der Waals surface area contributed by atoms with Gasteiger partial charge in [-0.05, 0) is 18.6 Å². The van der Waals surface area contributed by atoms with E-state index in [1.165, 1.54) is 0 Å². The van der Waals surface area contributed by atoms with Crippen LogP contribution < -0.4 is 0 Å². The number of aromatic nitrogens is 3. The van der Waals surface area contributed by atoms with Gasteiger partial charge in [0.05, 0.1) is 6.54 Å². The molecule has 116 valence electrons. The Bertz CT molecular complexity index is 624. The number of imidazole rings is 1. The van der Waals surface area contributed by atoms with Crippen molar-refractivity contribution in [3.8, 4) is 0 Å². The van der Waals surface area contributed by atoms with E-state index in [4.69, 9.17) is 0 Å². The van der Waals surface area contributed by atoms with E-state index >= 15 is 0 Å². The molecular weight excluding hydrogens is 278 g/mol. The minimum absolute atomic E-state index is 0.0273. The first-order valence-corrected chi connectivity index (χ1v) is 7.63. The minimum Gasteiger partial charge on any atom is -0.337 e. The van der Waals surface area contributed by atoms with Gasteiger partial charge >= 0.3 is 0 Å². The van der Waals surface area contributed by atoms with E-state index in [2.05, 4.69) is 14.9 Å². The number of carbonyl (C=O) groups is 1. The minimum atomic E-state index is 0.0273. The smallest absolute Gasteiger partial charge is 0.272 e. The second kappa shape index (κ2) is 6.70. The summed E-state index contributed by atoms with van der Waals surface area (Å²) < 4.78 is 2.04. The molecular formula is C16H21N5O. The highest BCUT2D eigenvalue weighted by molar-refractivity contribution is 5.92. The van der Waals surface area contributed by atoms with E-state index in [-0.39, 0.29) is 5.91 Å². The lowest BCUT2D eigenvalue weighted by molar-refractivity contribution is 0.0755. The Morgan fingerprint density at radius 3 is 2.77 bits per heavy atom. The van der Waals surface area contributed by atoms with Gasteiger partial charge in [0.15, 0.2) is 0 Å². The summed E-state index contributed by atoms with van der Waals surface area (Å²) in [6, 6.07) is 5.46. The monoisotopic (exact) mass is 299 g/mol. The third kappa shape index (κ3) is 3.33. The SMILES string of the molecule is Cn1ccnc1CN1CCCN(C(=O)c2ccccn2)CC1. The lowest BCUT2D eigenvalue weighted by atomic mass is 10.3. The average molecular weight is 299 g/mol. The normalized spacial score (nSPS) is 16.5. The molecule has 0 radical (unpaired) electrons. The third-order valence-electron chi connectivity index (χ3n) is 4.05. The Hall–Kier alpha value is -2.21. The van der Waals surface area contributed by atoms with E-state index in [1.807, 2.05) is 41.0 Å². The lowest BCUT2D eigenvalue weighted by Crippen LogP contribution is -2.35. The van der Waals surface area contributed by atoms with Gasteiger partial charge in [-0.15, -0.1) is 0 Å². The van der Waals surface area contributed by atoms with E-state index in [0.29, 0.717) is 5.69 Å². The Labute approximate surface area is 130 Å². The zero-order valence-electron chi connectivity index (χ0n) is 12.9. The fourth-order valence-electron chi connectivity index (χ4n) is 2.73. The van der Waals surface area contributed by atoms with Crippen molar-refractivity contribution in [3.63, 3.8) is 0 Å². The molecule has 1 amide bonds. The molecule has 1 aliphatic rings. The second-order valence-electron chi connectivity index (χ2n) is 5.59. The van der Waals surface area contributed by atoms with Gasteiger partial charge in [-0.3, -0.25) is 14.7 Å². The second-order valence-corrected chi connectivity index (χ2v) is 5.59. The Kier molecular flexibility index (Phi) is 4.48. The van der Waals surface area contributed by atoms with Crippen LogP contribution in [-0.4, -0.2) is 56.4 Å². The maximum Gasteiger partial charge on any atom is 0.272 e. The van der Waals surface area contributed by atoms with Crippen LogP contribution in [0.25, 0.3) is 0 Å². The first-order chi connectivity index (χ1) is 10.7. The van der Waals surface area contributed by atoms with E-state index in [0.717, 1.165) is 45.0 Å². The summed E-state index contributed by atoms with van der Waals surface area (Å²) in [6.07, 6.45) is 6.43. The predicted molar refractivity (Wildman–Crippen MR) is 83.2 cm³/mol. The number of pyridine rings is 1. The quantitative estimate of drug-likeness (QED) is 0.853. The number of rotatable bonds is 3. The molecule has 0 bridgehead atoms. The van der Waals surface area contributed by atoms with Crippen LogP contribution in [0.15, 0.2) is 36.8 Å². The molecule has 2 aromatic rings. The number of amides is 1. The van der Waals surface area contributed by atoms with Crippen molar-refractivity contribution < 1.29 is 4.79 Å². The van der Waals surface area contributed by atoms with Crippen LogP contribution in [-0.2, 0) is 13.6 Å². The zero-order valence-corrected chi connectivity index (χ0v) is 12.9. The highest BCUT2D eigenvalue weighted by atomic mass is 16.2. The summed E-state index contributed by atoms with van der Waals surface area (Å²) in [4.78, 5) is 25.2. The first-order valence-electron chi connectivity index (χ1n) is 7.63. The maximum absolute atomic E-state index is 12.5. The third-order valence-corrected chi connectivity index (χ3v) is 4.05. The van der Waals surface area contributed by atoms with Gasteiger partial charge in [0.1, 0.15) is 11.5 Å². The van der Waals surface area contributed by atoms with Gasteiger partial charge in [-0.25, -0.2) is 4.98 Å². The molecule has 0 saturated carbocycles. The lowest BCUT2D eigenvalue weighted by Gasteiger charge is -2.21. The summed E-state index contributed by atoms with van der Waals surface area (Å²) in [6.45, 7) is 4.20. The number of carbonyl (C=O) groups excluding carboxylic acids is 1. The first kappa shape index (κ1) is 14.7. The molecule has 1 aliphatic heterocycles. The maximum atomic E-state index is 12.5. The molecule has 22 heavy (non-hydrogen) atoms. The molecule has 0 N–H and O–H groups in total. The number of hydrogen-bond acceptors (Lipinski definition) is 4. The Balaban J connectivity index is 1.60. The fourth-order valence-corrected chi connectivity index (χ4v) is 2.73. The molecule has 1 saturated heterocycles. The summed E-state index contributed by atoms with van der Waals surface area (Å²) in [7, 11) is 2.01. The largest absolute Gasteiger partial charge is 0.337 e. The Morgan fingerprint density at radius 2 is 2.05 bits per heavy atom. The molecule has 0 aromatic carbocycles. The molecule has 0 atom stereocenters. The molecule has 1 fully saturated rings. The van der Waals surface area contributed by atoms with E-state index in [1.54, 1.807) is 12.3 Å². The molecule has 6 heteroatoms. The highest BCUT2D eigenvalue weighted by Gasteiger charge is 2.21. The van der Waals surface area contributed by atoms with Crippen LogP contribution in [0, 0.1) is 0 Å². The van der Waals surface area contributed by atoms with Crippen molar-refractivity contribution in [1.29, 1.82) is 0 Å². The molecule has 6 nitrogen and oxygen atoms in total. The van der Waals surface area contributed by atoms with Gasteiger partial charge in [-0.1, -0.05) is 6.07 Å². The number of nitrogens with zero attached hydrogens (tertiary/aromatic N) is 5. The van der Waals surface area contributed by atoms with E-state index in [9.17, 15) is 4.79 Å². The summed E-state index contributed by atoms with van der Waals surface area (Å²) in [5.74, 6) is 1.09.